The van der Waals surface area contributed by atoms with Crippen LogP contribution < -0.4 is 29.6 Å². The van der Waals surface area contributed by atoms with E-state index < -0.39 is 0 Å². The number of ether oxygens (including phenoxy) is 1. The van der Waals surface area contributed by atoms with Crippen LogP contribution in [0.2, 0.25) is 0 Å². The summed E-state index contributed by atoms with van der Waals surface area (Å²) < 4.78 is 4.91. The standard InChI is InChI=1S/C18H36O2.Na.H/c1-3-4-5-6-7-8-9-10-11-12-13-14-15-16-17-20-18(2)19;;/h3-17H2,1-2H3;;/q;+1;-1. The Hall–Kier alpha value is 0.470. The second-order valence-electron chi connectivity index (χ2n) is 5.94. The third-order valence-electron chi connectivity index (χ3n) is 3.80. The van der Waals surface area contributed by atoms with Crippen LogP contribution in [0.4, 0.5) is 0 Å². The monoisotopic (exact) mass is 308 g/mol. The van der Waals surface area contributed by atoms with E-state index in [0.717, 1.165) is 6.42 Å². The molecule has 0 aromatic rings. The van der Waals surface area contributed by atoms with Crippen molar-refractivity contribution in [3.8, 4) is 0 Å². The summed E-state index contributed by atoms with van der Waals surface area (Å²) in [6.45, 7) is 4.35. The van der Waals surface area contributed by atoms with Crippen LogP contribution in [-0.4, -0.2) is 12.6 Å². The molecule has 122 valence electrons. The van der Waals surface area contributed by atoms with Crippen LogP contribution in [0.5, 0.6) is 0 Å². The largest absolute Gasteiger partial charge is 1.00 e. The minimum atomic E-state index is -0.153. The Morgan fingerprint density at radius 1 is 0.714 bits per heavy atom. The Kier molecular flexibility index (Phi) is 23.1. The molecule has 0 saturated carbocycles. The van der Waals surface area contributed by atoms with Gasteiger partial charge in [0.1, 0.15) is 0 Å². The van der Waals surface area contributed by atoms with Crippen molar-refractivity contribution >= 4 is 5.97 Å². The van der Waals surface area contributed by atoms with Gasteiger partial charge in [-0.3, -0.25) is 4.79 Å². The van der Waals surface area contributed by atoms with Crippen molar-refractivity contribution in [3.05, 3.63) is 0 Å². The first-order valence-electron chi connectivity index (χ1n) is 8.90. The number of unbranched alkanes of at least 4 members (excludes halogenated alkanes) is 13. The first-order chi connectivity index (χ1) is 9.77. The number of rotatable bonds is 15. The molecule has 2 nitrogen and oxygen atoms in total. The van der Waals surface area contributed by atoms with Crippen LogP contribution in [0.3, 0.4) is 0 Å². The number of hydrogen-bond donors (Lipinski definition) is 0. The molecule has 0 fully saturated rings. The smallest absolute Gasteiger partial charge is 1.00 e. The van der Waals surface area contributed by atoms with E-state index in [1.54, 1.807) is 0 Å². The zero-order chi connectivity index (χ0) is 14.9. The Balaban J connectivity index is -0.00000180. The fourth-order valence-corrected chi connectivity index (χ4v) is 2.51. The minimum Gasteiger partial charge on any atom is -1.00 e. The number of esters is 1. The summed E-state index contributed by atoms with van der Waals surface area (Å²) in [5, 5.41) is 0. The molecule has 0 rings (SSSR count). The molecule has 0 radical (unpaired) electrons. The third kappa shape index (κ3) is 22.9. The van der Waals surface area contributed by atoms with Gasteiger partial charge in [-0.2, -0.15) is 0 Å². The Morgan fingerprint density at radius 3 is 1.38 bits per heavy atom. The van der Waals surface area contributed by atoms with E-state index in [2.05, 4.69) is 6.92 Å². The molecule has 0 saturated heterocycles. The van der Waals surface area contributed by atoms with Gasteiger partial charge in [0.05, 0.1) is 6.61 Å². The number of hydrogen-bond acceptors (Lipinski definition) is 2. The van der Waals surface area contributed by atoms with E-state index in [9.17, 15) is 4.79 Å². The van der Waals surface area contributed by atoms with Gasteiger partial charge in [-0.25, -0.2) is 0 Å². The van der Waals surface area contributed by atoms with E-state index in [1.807, 2.05) is 0 Å². The molecule has 0 spiro atoms. The molecule has 3 heteroatoms. The normalized spacial score (nSPS) is 10.2. The van der Waals surface area contributed by atoms with E-state index in [-0.39, 0.29) is 37.0 Å². The van der Waals surface area contributed by atoms with E-state index >= 15 is 0 Å². The van der Waals surface area contributed by atoms with Crippen LogP contribution >= 0.6 is 0 Å². The van der Waals surface area contributed by atoms with Crippen LogP contribution in [0.1, 0.15) is 105 Å². The average Bonchev–Trinajstić information content (AvgIpc) is 2.43. The maximum atomic E-state index is 10.6. The van der Waals surface area contributed by atoms with Gasteiger partial charge in [0.15, 0.2) is 0 Å². The predicted octanol–water partition coefficient (Wildman–Crippen LogP) is 3.15. The number of carbonyl (C=O) groups excluding carboxylic acids is 1. The van der Waals surface area contributed by atoms with Gasteiger partial charge in [-0.15, -0.1) is 0 Å². The maximum absolute atomic E-state index is 10.6. The summed E-state index contributed by atoms with van der Waals surface area (Å²) in [6.07, 6.45) is 19.0. The van der Waals surface area contributed by atoms with Gasteiger partial charge in [0, 0.05) is 6.92 Å². The average molecular weight is 308 g/mol. The number of carbonyl (C=O) groups is 1. The second-order valence-corrected chi connectivity index (χ2v) is 5.94. The SMILES string of the molecule is CCCCCCCCCCCCCCCCOC(C)=O.[H-].[Na+]. The van der Waals surface area contributed by atoms with Crippen LogP contribution in [0, 0.1) is 0 Å². The van der Waals surface area contributed by atoms with Crippen LogP contribution in [0.25, 0.3) is 0 Å². The summed E-state index contributed by atoms with van der Waals surface area (Å²) in [4.78, 5) is 10.6. The summed E-state index contributed by atoms with van der Waals surface area (Å²) in [5.74, 6) is -0.153. The van der Waals surface area contributed by atoms with Crippen molar-refractivity contribution in [2.45, 2.75) is 104 Å². The van der Waals surface area contributed by atoms with E-state index in [0.29, 0.717) is 6.61 Å². The Labute approximate surface area is 156 Å². The molecule has 0 aliphatic heterocycles. The molecule has 0 heterocycles. The fourth-order valence-electron chi connectivity index (χ4n) is 2.51. The van der Waals surface area contributed by atoms with Crippen molar-refractivity contribution in [1.82, 2.24) is 0 Å². The first-order valence-corrected chi connectivity index (χ1v) is 8.90. The third-order valence-corrected chi connectivity index (χ3v) is 3.80. The van der Waals surface area contributed by atoms with Crippen molar-refractivity contribution < 1.29 is 40.5 Å². The summed E-state index contributed by atoms with van der Waals surface area (Å²) in [6, 6.07) is 0. The molecule has 0 unspecified atom stereocenters. The zero-order valence-electron chi connectivity index (χ0n) is 15.9. The van der Waals surface area contributed by atoms with Crippen LogP contribution in [-0.2, 0) is 9.53 Å². The molecule has 0 atom stereocenters. The van der Waals surface area contributed by atoms with Crippen molar-refractivity contribution in [1.29, 1.82) is 0 Å². The van der Waals surface area contributed by atoms with Gasteiger partial charge < -0.3 is 6.16 Å². The first kappa shape index (κ1) is 23.7. The van der Waals surface area contributed by atoms with E-state index in [1.165, 1.54) is 90.4 Å². The van der Waals surface area contributed by atoms with Gasteiger partial charge in [-0.1, -0.05) is 90.4 Å². The van der Waals surface area contributed by atoms with Crippen molar-refractivity contribution in [2.24, 2.45) is 0 Å². The Morgan fingerprint density at radius 2 is 1.05 bits per heavy atom. The molecule has 21 heavy (non-hydrogen) atoms. The van der Waals surface area contributed by atoms with Gasteiger partial charge in [-0.05, 0) is 6.42 Å². The molecule has 0 aliphatic rings. The quantitative estimate of drug-likeness (QED) is 0.264. The minimum absolute atomic E-state index is 0. The molecule has 0 aromatic heterocycles. The molecular weight excluding hydrogens is 271 g/mol. The summed E-state index contributed by atoms with van der Waals surface area (Å²) in [5.41, 5.74) is 0. The molecule has 0 aromatic carbocycles. The van der Waals surface area contributed by atoms with E-state index in [4.69, 9.17) is 4.74 Å². The Bertz CT molecular complexity index is 213. The van der Waals surface area contributed by atoms with Crippen molar-refractivity contribution in [2.75, 3.05) is 6.61 Å². The predicted molar refractivity (Wildman–Crippen MR) is 88.1 cm³/mol. The summed E-state index contributed by atoms with van der Waals surface area (Å²) in [7, 11) is 0. The second kappa shape index (κ2) is 20.5. The molecule has 0 N–H and O–H groups in total. The molecular formula is C18H37NaO2. The van der Waals surface area contributed by atoms with Gasteiger partial charge in [0.2, 0.25) is 0 Å². The fraction of sp³-hybridized carbons (Fsp3) is 0.944. The van der Waals surface area contributed by atoms with Crippen LogP contribution in [0.15, 0.2) is 0 Å². The molecule has 0 aliphatic carbocycles. The molecule has 0 bridgehead atoms. The van der Waals surface area contributed by atoms with Gasteiger partial charge in [0.25, 0.3) is 0 Å². The molecule has 0 amide bonds. The zero-order valence-corrected chi connectivity index (χ0v) is 16.9. The topological polar surface area (TPSA) is 26.3 Å². The van der Waals surface area contributed by atoms with Gasteiger partial charge >= 0.3 is 35.5 Å². The maximum Gasteiger partial charge on any atom is 1.00 e. The van der Waals surface area contributed by atoms with Crippen molar-refractivity contribution in [3.63, 3.8) is 0 Å². The summed E-state index contributed by atoms with van der Waals surface area (Å²) >= 11 is 0.